The molecule has 2 atom stereocenters. The van der Waals surface area contributed by atoms with Gasteiger partial charge in [0.15, 0.2) is 0 Å². The average Bonchev–Trinajstić information content (AvgIpc) is 1.02. The van der Waals surface area contributed by atoms with Crippen molar-refractivity contribution in [2.75, 3.05) is 140 Å². The molecule has 0 saturated carbocycles. The third-order valence-corrected chi connectivity index (χ3v) is 17.0. The number of amides is 4. The highest BCUT2D eigenvalue weighted by Gasteiger charge is 2.28. The molecule has 0 aromatic carbocycles. The van der Waals surface area contributed by atoms with E-state index in [0.29, 0.717) is 149 Å². The van der Waals surface area contributed by atoms with Gasteiger partial charge in [-0.2, -0.15) is 15.0 Å². The fourth-order valence-electron chi connectivity index (χ4n) is 11.4. The molecule has 0 radical (unpaired) electrons. The lowest BCUT2D eigenvalue weighted by Crippen LogP contribution is -2.50. The van der Waals surface area contributed by atoms with Gasteiger partial charge in [0.05, 0.1) is 44.4 Å². The summed E-state index contributed by atoms with van der Waals surface area (Å²) in [4.78, 5) is 98.5. The lowest BCUT2D eigenvalue weighted by molar-refractivity contribution is -0.138. The van der Waals surface area contributed by atoms with Crippen LogP contribution in [-0.4, -0.2) is 225 Å². The molecule has 3 aromatic heterocycles. The summed E-state index contributed by atoms with van der Waals surface area (Å²) in [6.07, 6.45) is 32.6. The summed E-state index contributed by atoms with van der Waals surface area (Å²) in [5, 5.41) is 44.6. The Bertz CT molecular complexity index is 2520. The van der Waals surface area contributed by atoms with Crippen LogP contribution in [0.2, 0.25) is 0 Å². The number of aryl methyl sites for hydroxylation is 2. The average molecular weight is 1330 g/mol. The van der Waals surface area contributed by atoms with E-state index in [1.807, 2.05) is 9.80 Å². The molecule has 532 valence electrons. The van der Waals surface area contributed by atoms with Crippen LogP contribution in [0.5, 0.6) is 0 Å². The van der Waals surface area contributed by atoms with Crippen molar-refractivity contribution in [2.45, 2.75) is 205 Å². The lowest BCUT2D eigenvalue weighted by Gasteiger charge is -2.36. The van der Waals surface area contributed by atoms with Gasteiger partial charge < -0.3 is 71.4 Å². The second-order valence-electron chi connectivity index (χ2n) is 24.6. The standard InChI is InChI=1S/C66H112N18O11/c1-2-46-93-48-50-95-51-49-94-47-37-71-64-72-65(81-42-38-79(39-43-81)58(85)27-19-11-7-3-5-9-13-23-35-69-62(91)56(29-31-60(87)88)83-52-54(75-77-83)25-17-15-21-33-67)74-66(73-64)82-44-40-80(41-45-82)59(86)28-20-12-8-4-6-10-14-24-36-70-63(92)57(30-32-61(89)90)84-53-55(76-78-84)26-18-16-22-34-68/h1,52-53,56-57H,3-51,67-68H2,(H,69,91)(H,70,92)(H,87,88)(H,89,90)(H,71,72,73,74). The van der Waals surface area contributed by atoms with Crippen LogP contribution < -0.4 is 37.2 Å². The number of unbranched alkanes of at least 4 members (excludes halogenated alkanes) is 18. The Labute approximate surface area is 562 Å². The second-order valence-corrected chi connectivity index (χ2v) is 24.6. The van der Waals surface area contributed by atoms with E-state index in [9.17, 15) is 39.0 Å². The summed E-state index contributed by atoms with van der Waals surface area (Å²) in [6.45, 7) is 9.65. The Balaban J connectivity index is 0.957. The third-order valence-electron chi connectivity index (χ3n) is 17.0. The van der Waals surface area contributed by atoms with Crippen molar-refractivity contribution in [1.29, 1.82) is 0 Å². The smallest absolute Gasteiger partial charge is 0.303 e. The maximum atomic E-state index is 13.4. The number of hydrogen-bond acceptors (Lipinski definition) is 21. The van der Waals surface area contributed by atoms with E-state index < -0.39 is 24.0 Å². The third kappa shape index (κ3) is 32.9. The van der Waals surface area contributed by atoms with Crippen molar-refractivity contribution in [3.8, 4) is 12.3 Å². The SMILES string of the molecule is C#CCOCCOCCOCCNc1nc(N2CCN(C(=O)CCCCCCCCCCNC(=O)C(CCC(=O)O)n3cc(CCCCCN)nn3)CC2)nc(N2CCN(C(=O)CCCCCCCCCCNC(=O)C(CCC(=O)O)n3cc(CCCCCN)nn3)CC2)n1. The van der Waals surface area contributed by atoms with E-state index >= 15 is 0 Å². The summed E-state index contributed by atoms with van der Waals surface area (Å²) < 4.78 is 19.6. The van der Waals surface area contributed by atoms with Gasteiger partial charge in [0, 0.05) is 110 Å². The number of nitrogens with two attached hydrogens (primary N) is 2. The molecule has 5 rings (SSSR count). The van der Waals surface area contributed by atoms with Crippen LogP contribution in [0, 0.1) is 12.3 Å². The predicted octanol–water partition coefficient (Wildman–Crippen LogP) is 5.26. The van der Waals surface area contributed by atoms with Crippen LogP contribution in [0.15, 0.2) is 12.4 Å². The van der Waals surface area contributed by atoms with Gasteiger partial charge in [0.1, 0.15) is 18.7 Å². The van der Waals surface area contributed by atoms with Crippen molar-refractivity contribution < 1.29 is 53.2 Å². The quantitative estimate of drug-likeness (QED) is 0.0280. The number of carbonyl (C=O) groups excluding carboxylic acids is 4. The monoisotopic (exact) mass is 1330 g/mol. The number of ether oxygens (including phenoxy) is 3. The number of rotatable bonds is 55. The first-order valence-corrected chi connectivity index (χ1v) is 35.3. The minimum absolute atomic E-state index is 0.135. The van der Waals surface area contributed by atoms with Gasteiger partial charge in [-0.1, -0.05) is 106 Å². The maximum absolute atomic E-state index is 13.4. The van der Waals surface area contributed by atoms with Gasteiger partial charge in [0.25, 0.3) is 0 Å². The summed E-state index contributed by atoms with van der Waals surface area (Å²) in [5.41, 5.74) is 12.8. The van der Waals surface area contributed by atoms with Gasteiger partial charge in [-0.3, -0.25) is 28.8 Å². The number of carboxylic acids is 2. The zero-order chi connectivity index (χ0) is 67.9. The number of anilines is 3. The summed E-state index contributed by atoms with van der Waals surface area (Å²) in [7, 11) is 0. The zero-order valence-electron chi connectivity index (χ0n) is 56.6. The van der Waals surface area contributed by atoms with Crippen molar-refractivity contribution in [2.24, 2.45) is 11.5 Å². The van der Waals surface area contributed by atoms with Crippen molar-refractivity contribution >= 4 is 53.4 Å². The molecule has 5 heterocycles. The first-order valence-electron chi connectivity index (χ1n) is 35.3. The van der Waals surface area contributed by atoms with Gasteiger partial charge in [0.2, 0.25) is 41.5 Å². The molecular formula is C66H112N18O11. The Kier molecular flexibility index (Phi) is 40.1. The molecule has 2 fully saturated rings. The van der Waals surface area contributed by atoms with Crippen LogP contribution >= 0.6 is 0 Å². The van der Waals surface area contributed by atoms with Gasteiger partial charge >= 0.3 is 11.9 Å². The molecule has 0 bridgehead atoms. The molecule has 0 spiro atoms. The van der Waals surface area contributed by atoms with E-state index in [0.717, 1.165) is 165 Å². The molecule has 0 aliphatic carbocycles. The molecule has 9 N–H and O–H groups in total. The second kappa shape index (κ2) is 48.5. The van der Waals surface area contributed by atoms with Crippen LogP contribution in [-0.2, 0) is 55.8 Å². The van der Waals surface area contributed by atoms with Crippen molar-refractivity contribution in [1.82, 2.24) is 65.4 Å². The molecule has 29 heteroatoms. The highest BCUT2D eigenvalue weighted by atomic mass is 16.5. The minimum atomic E-state index is -0.963. The number of terminal acetylenes is 1. The van der Waals surface area contributed by atoms with Gasteiger partial charge in [-0.25, -0.2) is 9.36 Å². The molecule has 29 nitrogen and oxygen atoms in total. The number of hydrogen-bond donors (Lipinski definition) is 7. The first kappa shape index (κ1) is 78.6. The van der Waals surface area contributed by atoms with Crippen LogP contribution in [0.25, 0.3) is 0 Å². The number of piperazine rings is 2. The number of aliphatic carboxylic acids is 2. The fourth-order valence-corrected chi connectivity index (χ4v) is 11.4. The number of carbonyl (C=O) groups is 6. The lowest BCUT2D eigenvalue weighted by atomic mass is 10.1. The molecule has 2 aliphatic rings. The number of nitrogens with one attached hydrogen (secondary N) is 3. The summed E-state index contributed by atoms with van der Waals surface area (Å²) in [5.74, 6) is 1.82. The van der Waals surface area contributed by atoms with E-state index in [2.05, 4.69) is 52.3 Å². The van der Waals surface area contributed by atoms with Crippen LogP contribution in [0.4, 0.5) is 17.8 Å². The van der Waals surface area contributed by atoms with Crippen LogP contribution in [0.3, 0.4) is 0 Å². The zero-order valence-corrected chi connectivity index (χ0v) is 56.6. The van der Waals surface area contributed by atoms with E-state index in [1.165, 1.54) is 9.36 Å². The van der Waals surface area contributed by atoms with E-state index in [-0.39, 0.29) is 55.9 Å². The molecular weight excluding hydrogens is 1220 g/mol. The first-order chi connectivity index (χ1) is 46.4. The fraction of sp³-hybridized carbons (Fsp3) is 0.773. The Morgan fingerprint density at radius 2 is 0.874 bits per heavy atom. The van der Waals surface area contributed by atoms with Crippen LogP contribution in [0.1, 0.15) is 203 Å². The number of carboxylic acid groups (broad SMARTS) is 2. The maximum Gasteiger partial charge on any atom is 0.303 e. The molecule has 2 aliphatic heterocycles. The Hall–Kier alpha value is -7.13. The molecule has 2 unspecified atom stereocenters. The largest absolute Gasteiger partial charge is 0.481 e. The number of nitrogens with zero attached hydrogens (tertiary/aromatic N) is 13. The van der Waals surface area contributed by atoms with Gasteiger partial charge in [-0.15, -0.1) is 16.6 Å². The van der Waals surface area contributed by atoms with Gasteiger partial charge in [-0.05, 0) is 90.1 Å². The van der Waals surface area contributed by atoms with E-state index in [4.69, 9.17) is 47.1 Å². The van der Waals surface area contributed by atoms with Crippen molar-refractivity contribution in [3.63, 3.8) is 0 Å². The molecule has 3 aromatic rings. The summed E-state index contributed by atoms with van der Waals surface area (Å²) >= 11 is 0. The molecule has 2 saturated heterocycles. The molecule has 95 heavy (non-hydrogen) atoms. The normalized spacial score (nSPS) is 14.0. The van der Waals surface area contributed by atoms with E-state index in [1.54, 1.807) is 12.4 Å². The highest BCUT2D eigenvalue weighted by Crippen LogP contribution is 2.23. The molecule has 4 amide bonds. The Morgan fingerprint density at radius 3 is 1.28 bits per heavy atom. The topological polar surface area (TPSA) is 372 Å². The highest BCUT2D eigenvalue weighted by molar-refractivity contribution is 5.81. The predicted molar refractivity (Wildman–Crippen MR) is 361 cm³/mol. The van der Waals surface area contributed by atoms with Crippen molar-refractivity contribution in [3.05, 3.63) is 23.8 Å². The Morgan fingerprint density at radius 1 is 0.484 bits per heavy atom. The summed E-state index contributed by atoms with van der Waals surface area (Å²) in [6, 6.07) is -1.46. The number of aromatic nitrogens is 9. The minimum Gasteiger partial charge on any atom is -0.481 e.